The number of hydrogen-bond acceptors (Lipinski definition) is 7. The maximum Gasteiger partial charge on any atom is 0.253 e. The molecule has 47 heavy (non-hydrogen) atoms. The molecule has 4 aliphatic carbocycles. The first-order valence-electron chi connectivity index (χ1n) is 17.1. The lowest BCUT2D eigenvalue weighted by atomic mass is 9.90. The summed E-state index contributed by atoms with van der Waals surface area (Å²) >= 11 is 5.94. The van der Waals surface area contributed by atoms with Gasteiger partial charge in [-0.2, -0.15) is 0 Å². The minimum Gasteiger partial charge on any atom is -0.356 e. The number of carbonyl (C=O) groups is 2. The highest BCUT2D eigenvalue weighted by atomic mass is 35.5. The van der Waals surface area contributed by atoms with E-state index in [1.807, 2.05) is 6.20 Å². The second-order valence-electron chi connectivity index (χ2n) is 14.6. The smallest absolute Gasteiger partial charge is 0.253 e. The lowest BCUT2D eigenvalue weighted by Gasteiger charge is -2.27. The number of aryl methyl sites for hydroxylation is 2. The molecule has 2 saturated carbocycles. The first kappa shape index (κ1) is 27.8. The SMILES string of the molecule is O=C1NC2(CC2)Cc2[nH]c3c(c21)CCc1cnc(Cl)nc1-3.O=C1NC2(CC2)Cc2[nH]c3c(c21)CCc1cnc(N2CCCCC2)nc1-3. The van der Waals surface area contributed by atoms with E-state index >= 15 is 0 Å². The summed E-state index contributed by atoms with van der Waals surface area (Å²) in [6.45, 7) is 2.08. The zero-order chi connectivity index (χ0) is 31.5. The Bertz CT molecular complexity index is 2010. The van der Waals surface area contributed by atoms with E-state index < -0.39 is 0 Å². The van der Waals surface area contributed by atoms with Crippen molar-refractivity contribution < 1.29 is 9.59 Å². The second-order valence-corrected chi connectivity index (χ2v) is 14.9. The first-order valence-corrected chi connectivity index (χ1v) is 17.5. The minimum absolute atomic E-state index is 0.0175. The van der Waals surface area contributed by atoms with E-state index in [0.717, 1.165) is 145 Å². The Hall–Kier alpha value is -4.25. The summed E-state index contributed by atoms with van der Waals surface area (Å²) in [6.07, 6.45) is 17.2. The highest BCUT2D eigenvalue weighted by molar-refractivity contribution is 6.28. The fraction of sp³-hybridized carbons (Fsp3) is 0.486. The fourth-order valence-electron chi connectivity index (χ4n) is 8.53. The molecule has 2 spiro atoms. The molecule has 7 heterocycles. The van der Waals surface area contributed by atoms with Gasteiger partial charge in [0.15, 0.2) is 0 Å². The lowest BCUT2D eigenvalue weighted by Crippen LogP contribution is -2.43. The molecule has 4 N–H and O–H groups in total. The molecular formula is C35H36ClN9O2. The van der Waals surface area contributed by atoms with Crippen molar-refractivity contribution in [2.24, 2.45) is 0 Å². The van der Waals surface area contributed by atoms with Crippen LogP contribution in [0.1, 0.15) is 99.3 Å². The second kappa shape index (κ2) is 9.88. The van der Waals surface area contributed by atoms with Gasteiger partial charge >= 0.3 is 0 Å². The van der Waals surface area contributed by atoms with Crippen LogP contribution in [-0.2, 0) is 38.5 Å². The van der Waals surface area contributed by atoms with Crippen molar-refractivity contribution in [2.75, 3.05) is 18.0 Å². The Morgan fingerprint density at radius 1 is 0.681 bits per heavy atom. The van der Waals surface area contributed by atoms with Crippen molar-refractivity contribution in [1.82, 2.24) is 40.5 Å². The van der Waals surface area contributed by atoms with Crippen LogP contribution in [0.15, 0.2) is 12.4 Å². The van der Waals surface area contributed by atoms with Gasteiger partial charge in [0.05, 0.1) is 33.9 Å². The van der Waals surface area contributed by atoms with Crippen molar-refractivity contribution in [2.45, 2.75) is 94.5 Å². The third-order valence-corrected chi connectivity index (χ3v) is 11.6. The van der Waals surface area contributed by atoms with Gasteiger partial charge in [0, 0.05) is 60.8 Å². The molecule has 4 aromatic rings. The van der Waals surface area contributed by atoms with E-state index in [1.54, 1.807) is 6.20 Å². The molecule has 11 nitrogen and oxygen atoms in total. The fourth-order valence-corrected chi connectivity index (χ4v) is 8.67. The number of rotatable bonds is 1. The maximum absolute atomic E-state index is 12.7. The third-order valence-electron chi connectivity index (χ3n) is 11.4. The van der Waals surface area contributed by atoms with Crippen molar-refractivity contribution in [3.8, 4) is 22.8 Å². The summed E-state index contributed by atoms with van der Waals surface area (Å²) in [7, 11) is 0. The number of aromatic amines is 2. The normalized spacial score (nSPS) is 21.6. The number of aromatic nitrogens is 6. The predicted molar refractivity (Wildman–Crippen MR) is 176 cm³/mol. The van der Waals surface area contributed by atoms with E-state index in [2.05, 4.69) is 40.5 Å². The highest BCUT2D eigenvalue weighted by Gasteiger charge is 2.50. The predicted octanol–water partition coefficient (Wildman–Crippen LogP) is 4.42. The van der Waals surface area contributed by atoms with E-state index in [1.165, 1.54) is 24.8 Å². The van der Waals surface area contributed by atoms with E-state index in [-0.39, 0.29) is 28.2 Å². The average Bonchev–Trinajstić information content (AvgIpc) is 3.92. The molecule has 0 radical (unpaired) electrons. The van der Waals surface area contributed by atoms with Gasteiger partial charge in [0.2, 0.25) is 11.2 Å². The molecule has 12 heteroatoms. The Morgan fingerprint density at radius 3 is 1.77 bits per heavy atom. The van der Waals surface area contributed by atoms with Gasteiger partial charge in [-0.05, 0) is 104 Å². The average molecular weight is 650 g/mol. The van der Waals surface area contributed by atoms with Crippen LogP contribution >= 0.6 is 11.6 Å². The van der Waals surface area contributed by atoms with E-state index in [9.17, 15) is 9.59 Å². The van der Waals surface area contributed by atoms with Crippen molar-refractivity contribution in [3.05, 3.63) is 62.4 Å². The minimum atomic E-state index is 0.0175. The Kier molecular flexibility index (Phi) is 5.85. The molecule has 0 aromatic carbocycles. The van der Waals surface area contributed by atoms with Gasteiger partial charge in [-0.1, -0.05) is 0 Å². The van der Waals surface area contributed by atoms with Crippen molar-refractivity contribution in [1.29, 1.82) is 0 Å². The van der Waals surface area contributed by atoms with E-state index in [4.69, 9.17) is 16.6 Å². The quantitative estimate of drug-likeness (QED) is 0.224. The van der Waals surface area contributed by atoms with Gasteiger partial charge in [0.25, 0.3) is 11.8 Å². The molecule has 3 aliphatic heterocycles. The summed E-state index contributed by atoms with van der Waals surface area (Å²) < 4.78 is 0. The standard InChI is InChI=1S/C20H23N5O.C15H13ClN4O/c26-18-15-13-5-4-12-11-21-19(25-8-2-1-3-9-25)23-16(12)17(13)22-14(15)10-20(24-18)6-7-20;16-14-17-6-7-1-2-8-10-9(18-12(8)11(7)19-14)5-15(3-4-15)20-13(10)21/h11,22H,1-10H2,(H,24,26);6,18H,1-5H2,(H,20,21). The summed E-state index contributed by atoms with van der Waals surface area (Å²) in [5, 5.41) is 6.67. The van der Waals surface area contributed by atoms with Crippen LogP contribution in [0.5, 0.6) is 0 Å². The first-order chi connectivity index (χ1) is 22.9. The number of piperidine rings is 1. The monoisotopic (exact) mass is 649 g/mol. The summed E-state index contributed by atoms with van der Waals surface area (Å²) in [5.74, 6) is 1.01. The van der Waals surface area contributed by atoms with Gasteiger partial charge in [-0.3, -0.25) is 9.59 Å². The number of anilines is 1. The third kappa shape index (κ3) is 4.45. The topological polar surface area (TPSA) is 145 Å². The Balaban J connectivity index is 0.000000124. The molecule has 0 atom stereocenters. The number of H-pyrrole nitrogens is 2. The van der Waals surface area contributed by atoms with Gasteiger partial charge in [-0.25, -0.2) is 19.9 Å². The van der Waals surface area contributed by atoms with Gasteiger partial charge < -0.3 is 25.5 Å². The highest BCUT2D eigenvalue weighted by Crippen LogP contribution is 2.46. The molecule has 1 saturated heterocycles. The molecular weight excluding hydrogens is 614 g/mol. The number of fused-ring (bicyclic) bond motifs is 10. The maximum atomic E-state index is 12.7. The van der Waals surface area contributed by atoms with E-state index in [0.29, 0.717) is 0 Å². The van der Waals surface area contributed by atoms with Crippen LogP contribution < -0.4 is 15.5 Å². The summed E-state index contributed by atoms with van der Waals surface area (Å²) in [4.78, 5) is 52.6. The molecule has 3 fully saturated rings. The number of carbonyl (C=O) groups excluding carboxylic acids is 2. The van der Waals surface area contributed by atoms with Crippen LogP contribution in [-0.4, -0.2) is 65.9 Å². The number of nitrogens with one attached hydrogen (secondary N) is 4. The molecule has 7 aliphatic rings. The van der Waals surface area contributed by atoms with Crippen LogP contribution in [0, 0.1) is 0 Å². The molecule has 0 unspecified atom stereocenters. The molecule has 2 amide bonds. The van der Waals surface area contributed by atoms with Gasteiger partial charge in [-0.15, -0.1) is 0 Å². The Labute approximate surface area is 276 Å². The van der Waals surface area contributed by atoms with Crippen molar-refractivity contribution in [3.63, 3.8) is 0 Å². The zero-order valence-corrected chi connectivity index (χ0v) is 26.9. The molecule has 4 aromatic heterocycles. The molecule has 0 bridgehead atoms. The summed E-state index contributed by atoms with van der Waals surface area (Å²) in [5.41, 5.74) is 12.3. The summed E-state index contributed by atoms with van der Waals surface area (Å²) in [6, 6.07) is 0. The number of nitrogens with zero attached hydrogens (tertiary/aromatic N) is 5. The number of amides is 2. The van der Waals surface area contributed by atoms with Gasteiger partial charge in [0.1, 0.15) is 0 Å². The van der Waals surface area contributed by atoms with Crippen molar-refractivity contribution >= 4 is 29.4 Å². The van der Waals surface area contributed by atoms with Crippen LogP contribution in [0.2, 0.25) is 5.28 Å². The lowest BCUT2D eigenvalue weighted by molar-refractivity contribution is 0.0908. The molecule has 240 valence electrons. The largest absolute Gasteiger partial charge is 0.356 e. The Morgan fingerprint density at radius 2 is 1.21 bits per heavy atom. The van der Waals surface area contributed by atoms with Crippen LogP contribution in [0.3, 0.4) is 0 Å². The molecule has 11 rings (SSSR count). The van der Waals surface area contributed by atoms with Crippen LogP contribution in [0.25, 0.3) is 22.8 Å². The zero-order valence-electron chi connectivity index (χ0n) is 26.2. The van der Waals surface area contributed by atoms with Crippen LogP contribution in [0.4, 0.5) is 5.95 Å². The number of halogens is 1. The number of hydrogen-bond donors (Lipinski definition) is 4.